The van der Waals surface area contributed by atoms with Crippen LogP contribution in [0.25, 0.3) is 11.1 Å². The van der Waals surface area contributed by atoms with Crippen molar-refractivity contribution in [1.82, 2.24) is 10.6 Å². The first-order valence-electron chi connectivity index (χ1n) is 9.52. The second-order valence-corrected chi connectivity index (χ2v) is 7.82. The highest BCUT2D eigenvalue weighted by atomic mass is 32.2. The van der Waals surface area contributed by atoms with Gasteiger partial charge in [0.05, 0.1) is 13.0 Å². The Kier molecular flexibility index (Phi) is 7.35. The molecule has 1 atom stereocenters. The molecular weight excluding hydrogens is 404 g/mol. The summed E-state index contributed by atoms with van der Waals surface area (Å²) in [6, 6.07) is 15.3. The number of ether oxygens (including phenoxy) is 2. The van der Waals surface area contributed by atoms with Crippen LogP contribution in [-0.4, -0.2) is 49.4 Å². The summed E-state index contributed by atoms with van der Waals surface area (Å²) in [6.07, 6.45) is -0.688. The molecule has 0 saturated heterocycles. The highest BCUT2D eigenvalue weighted by Gasteiger charge is 2.29. The second kappa shape index (κ2) is 10.2. The Morgan fingerprint density at radius 2 is 1.63 bits per heavy atom. The van der Waals surface area contributed by atoms with Crippen LogP contribution in [0.15, 0.2) is 48.5 Å². The minimum Gasteiger partial charge on any atom is -0.467 e. The van der Waals surface area contributed by atoms with Gasteiger partial charge in [-0.2, -0.15) is 0 Å². The second-order valence-electron chi connectivity index (χ2n) is 6.79. The van der Waals surface area contributed by atoms with Crippen molar-refractivity contribution >= 4 is 29.7 Å². The zero-order valence-electron chi connectivity index (χ0n) is 16.8. The maximum atomic E-state index is 12.4. The monoisotopic (exact) mass is 428 g/mol. The normalized spacial score (nSPS) is 13.0. The number of thioether (sulfide) groups is 1. The van der Waals surface area contributed by atoms with Crippen molar-refractivity contribution in [1.29, 1.82) is 0 Å². The van der Waals surface area contributed by atoms with Gasteiger partial charge in [-0.3, -0.25) is 4.79 Å². The summed E-state index contributed by atoms with van der Waals surface area (Å²) in [5.74, 6) is -0.221. The number of amides is 2. The summed E-state index contributed by atoms with van der Waals surface area (Å²) in [5.41, 5.74) is 4.51. The van der Waals surface area contributed by atoms with E-state index in [4.69, 9.17) is 9.47 Å². The third-order valence-corrected chi connectivity index (χ3v) is 5.75. The molecule has 2 N–H and O–H groups in total. The maximum absolute atomic E-state index is 12.4. The van der Waals surface area contributed by atoms with Crippen LogP contribution in [0.5, 0.6) is 0 Å². The SMILES string of the molecule is COC(=O)C(CSCNC(C)=O)NC(=O)OCC1c2ccccc2-c2ccccc21. The number of fused-ring (bicyclic) bond motifs is 3. The first-order chi connectivity index (χ1) is 14.5. The number of rotatable bonds is 8. The van der Waals surface area contributed by atoms with Gasteiger partial charge in [0.2, 0.25) is 5.91 Å². The van der Waals surface area contributed by atoms with Gasteiger partial charge in [0.15, 0.2) is 0 Å². The molecule has 0 fully saturated rings. The van der Waals surface area contributed by atoms with E-state index < -0.39 is 18.1 Å². The van der Waals surface area contributed by atoms with Crippen molar-refractivity contribution in [3.05, 3.63) is 59.7 Å². The molecule has 158 valence electrons. The van der Waals surface area contributed by atoms with Crippen LogP contribution in [0.4, 0.5) is 4.79 Å². The Bertz CT molecular complexity index is 888. The van der Waals surface area contributed by atoms with E-state index >= 15 is 0 Å². The molecule has 0 saturated carbocycles. The van der Waals surface area contributed by atoms with E-state index in [9.17, 15) is 14.4 Å². The van der Waals surface area contributed by atoms with E-state index in [1.165, 1.54) is 25.8 Å². The highest BCUT2D eigenvalue weighted by molar-refractivity contribution is 7.99. The molecule has 2 amide bonds. The zero-order valence-corrected chi connectivity index (χ0v) is 17.7. The molecule has 0 bridgehead atoms. The first-order valence-corrected chi connectivity index (χ1v) is 10.7. The molecule has 1 aliphatic rings. The number of hydrogen-bond donors (Lipinski definition) is 2. The lowest BCUT2D eigenvalue weighted by Crippen LogP contribution is -2.44. The van der Waals surface area contributed by atoms with Crippen molar-refractivity contribution < 1.29 is 23.9 Å². The molecule has 0 aromatic heterocycles. The third-order valence-electron chi connectivity index (χ3n) is 4.83. The number of alkyl carbamates (subject to hydrolysis) is 1. The molecule has 2 aromatic carbocycles. The molecule has 1 aliphatic carbocycles. The fourth-order valence-corrected chi connectivity index (χ4v) is 4.30. The summed E-state index contributed by atoms with van der Waals surface area (Å²) in [5, 5.41) is 5.18. The van der Waals surface area contributed by atoms with Gasteiger partial charge in [0.25, 0.3) is 0 Å². The Balaban J connectivity index is 1.60. The number of carbonyl (C=O) groups excluding carboxylic acids is 3. The average molecular weight is 429 g/mol. The number of carbonyl (C=O) groups is 3. The molecule has 30 heavy (non-hydrogen) atoms. The number of methoxy groups -OCH3 is 1. The van der Waals surface area contributed by atoms with Crippen molar-refractivity contribution in [2.75, 3.05) is 25.3 Å². The minimum atomic E-state index is -0.871. The Labute approximate surface area is 179 Å². The topological polar surface area (TPSA) is 93.7 Å². The van der Waals surface area contributed by atoms with Crippen LogP contribution < -0.4 is 10.6 Å². The van der Waals surface area contributed by atoms with Crippen LogP contribution >= 0.6 is 11.8 Å². The maximum Gasteiger partial charge on any atom is 0.407 e. The summed E-state index contributed by atoms with van der Waals surface area (Å²) < 4.78 is 10.2. The summed E-state index contributed by atoms with van der Waals surface area (Å²) in [6.45, 7) is 1.57. The van der Waals surface area contributed by atoms with Gasteiger partial charge in [0, 0.05) is 18.6 Å². The predicted octanol–water partition coefficient (Wildman–Crippen LogP) is 2.89. The van der Waals surface area contributed by atoms with E-state index in [0.717, 1.165) is 22.3 Å². The van der Waals surface area contributed by atoms with Crippen LogP contribution in [0.3, 0.4) is 0 Å². The Hall–Kier alpha value is -3.00. The first kappa shape index (κ1) is 21.7. The Morgan fingerprint density at radius 1 is 1.03 bits per heavy atom. The molecule has 0 spiro atoms. The van der Waals surface area contributed by atoms with E-state index in [0.29, 0.717) is 5.88 Å². The molecular formula is C22H24N2O5S. The molecule has 7 nitrogen and oxygen atoms in total. The quantitative estimate of drug-likeness (QED) is 0.382. The van der Waals surface area contributed by atoms with Gasteiger partial charge in [-0.05, 0) is 22.3 Å². The number of hydrogen-bond acceptors (Lipinski definition) is 6. The van der Waals surface area contributed by atoms with E-state index in [-0.39, 0.29) is 24.2 Å². The largest absolute Gasteiger partial charge is 0.467 e. The molecule has 0 heterocycles. The van der Waals surface area contributed by atoms with Gasteiger partial charge in [0.1, 0.15) is 12.6 Å². The summed E-state index contributed by atoms with van der Waals surface area (Å²) in [7, 11) is 1.26. The highest BCUT2D eigenvalue weighted by Crippen LogP contribution is 2.44. The van der Waals surface area contributed by atoms with Crippen LogP contribution in [0.1, 0.15) is 24.0 Å². The Morgan fingerprint density at radius 3 is 2.20 bits per heavy atom. The third kappa shape index (κ3) is 5.13. The van der Waals surface area contributed by atoms with E-state index in [1.807, 2.05) is 36.4 Å². The van der Waals surface area contributed by atoms with Crippen molar-refractivity contribution in [3.63, 3.8) is 0 Å². The number of esters is 1. The predicted molar refractivity (Wildman–Crippen MR) is 115 cm³/mol. The summed E-state index contributed by atoms with van der Waals surface area (Å²) in [4.78, 5) is 35.3. The van der Waals surface area contributed by atoms with Crippen LogP contribution in [0.2, 0.25) is 0 Å². The lowest BCUT2D eigenvalue weighted by Gasteiger charge is -2.18. The standard InChI is InChI=1S/C22H24N2O5S/c1-14(25)23-13-30-12-20(21(26)28-2)24-22(27)29-11-19-17-9-5-3-7-15(17)16-8-4-6-10-18(16)19/h3-10,19-20H,11-13H2,1-2H3,(H,23,25)(H,24,27). The van der Waals surface area contributed by atoms with Gasteiger partial charge in [-0.15, -0.1) is 11.8 Å². The number of benzene rings is 2. The lowest BCUT2D eigenvalue weighted by molar-refractivity contribution is -0.142. The van der Waals surface area contributed by atoms with Crippen LogP contribution in [-0.2, 0) is 19.1 Å². The molecule has 8 heteroatoms. The van der Waals surface area contributed by atoms with E-state index in [1.54, 1.807) is 0 Å². The van der Waals surface area contributed by atoms with Gasteiger partial charge >= 0.3 is 12.1 Å². The van der Waals surface area contributed by atoms with Gasteiger partial charge < -0.3 is 20.1 Å². The smallest absolute Gasteiger partial charge is 0.407 e. The van der Waals surface area contributed by atoms with Crippen LogP contribution in [0, 0.1) is 0 Å². The van der Waals surface area contributed by atoms with Crippen molar-refractivity contribution in [2.45, 2.75) is 18.9 Å². The fraction of sp³-hybridized carbons (Fsp3) is 0.318. The van der Waals surface area contributed by atoms with Crippen molar-refractivity contribution in [2.24, 2.45) is 0 Å². The van der Waals surface area contributed by atoms with Gasteiger partial charge in [-0.25, -0.2) is 9.59 Å². The summed E-state index contributed by atoms with van der Waals surface area (Å²) >= 11 is 1.30. The molecule has 2 aromatic rings. The average Bonchev–Trinajstić information content (AvgIpc) is 3.07. The van der Waals surface area contributed by atoms with E-state index in [2.05, 4.69) is 22.8 Å². The minimum absolute atomic E-state index is 0.0612. The van der Waals surface area contributed by atoms with Gasteiger partial charge in [-0.1, -0.05) is 48.5 Å². The van der Waals surface area contributed by atoms with Crippen molar-refractivity contribution in [3.8, 4) is 11.1 Å². The molecule has 0 aliphatic heterocycles. The molecule has 1 unspecified atom stereocenters. The zero-order chi connectivity index (χ0) is 21.5. The number of nitrogens with one attached hydrogen (secondary N) is 2. The molecule has 3 rings (SSSR count). The fourth-order valence-electron chi connectivity index (χ4n) is 3.42. The lowest BCUT2D eigenvalue weighted by atomic mass is 9.98. The molecule has 0 radical (unpaired) electrons.